The first-order chi connectivity index (χ1) is 20.1. The topological polar surface area (TPSA) is 113 Å². The number of ketones is 1. The molecule has 3 rings (SSSR count). The molecule has 2 aromatic carbocycles. The molecule has 1 heterocycles. The second-order valence-corrected chi connectivity index (χ2v) is 11.4. The van der Waals surface area contributed by atoms with Gasteiger partial charge in [0.1, 0.15) is 40.5 Å². The number of rotatable bonds is 12. The molecule has 43 heavy (non-hydrogen) atoms. The third kappa shape index (κ3) is 8.66. The van der Waals surface area contributed by atoms with Crippen LogP contribution in [0.1, 0.15) is 63.4 Å². The second-order valence-electron chi connectivity index (χ2n) is 11.4. The van der Waals surface area contributed by atoms with E-state index < -0.39 is 68.9 Å². The van der Waals surface area contributed by atoms with E-state index in [9.17, 15) is 23.2 Å². The number of nitrogens with zero attached hydrogens (tertiary/aromatic N) is 1. The number of carbonyl (C=O) groups is 2. The fourth-order valence-corrected chi connectivity index (χ4v) is 4.28. The number of anilines is 1. The number of carbonyl (C=O) groups excluding carboxylic acids is 2. The molecule has 0 unspecified atom stereocenters. The van der Waals surface area contributed by atoms with Crippen LogP contribution in [0.5, 0.6) is 5.75 Å². The number of nitrogens with one attached hydrogen (secondary N) is 1. The summed E-state index contributed by atoms with van der Waals surface area (Å²) in [5.74, 6) is -6.46. The van der Waals surface area contributed by atoms with Crippen molar-refractivity contribution in [3.05, 3.63) is 87.2 Å². The number of halogens is 4. The Bertz CT molecular complexity index is 1530. The molecular formula is C31H35F4N3O5. The molecule has 1 atom stereocenters. The third-order valence-corrected chi connectivity index (χ3v) is 6.14. The van der Waals surface area contributed by atoms with E-state index in [1.54, 1.807) is 20.8 Å². The largest absolute Gasteiger partial charge is 0.493 e. The van der Waals surface area contributed by atoms with Gasteiger partial charge in [0.15, 0.2) is 17.4 Å². The number of nitrogens with two attached hydrogens (primary N) is 1. The number of hydrogen-bond acceptors (Lipinski definition) is 7. The molecule has 3 N–H and O–H groups in total. The first-order valence-electron chi connectivity index (χ1n) is 13.7. The minimum Gasteiger partial charge on any atom is -0.493 e. The maximum absolute atomic E-state index is 15.2. The van der Waals surface area contributed by atoms with Crippen LogP contribution >= 0.6 is 0 Å². The Kier molecular flexibility index (Phi) is 10.7. The highest BCUT2D eigenvalue weighted by molar-refractivity contribution is 6.11. The quantitative estimate of drug-likeness (QED) is 0.124. The molecule has 0 saturated carbocycles. The Morgan fingerprint density at radius 1 is 0.953 bits per heavy atom. The van der Waals surface area contributed by atoms with Crippen LogP contribution in [0, 0.1) is 29.2 Å². The van der Waals surface area contributed by atoms with Gasteiger partial charge in [0.25, 0.3) is 5.56 Å². The fourth-order valence-electron chi connectivity index (χ4n) is 4.28. The highest BCUT2D eigenvalue weighted by Crippen LogP contribution is 2.27. The van der Waals surface area contributed by atoms with Gasteiger partial charge in [-0.05, 0) is 64.3 Å². The summed E-state index contributed by atoms with van der Waals surface area (Å²) in [7, 11) is 0. The Morgan fingerprint density at radius 3 is 2.16 bits per heavy atom. The van der Waals surface area contributed by atoms with E-state index in [4.69, 9.17) is 15.2 Å². The van der Waals surface area contributed by atoms with E-state index in [-0.39, 0.29) is 24.2 Å². The zero-order chi connectivity index (χ0) is 32.1. The molecule has 0 aliphatic rings. The van der Waals surface area contributed by atoms with Gasteiger partial charge in [0.05, 0.1) is 17.7 Å². The van der Waals surface area contributed by atoms with Gasteiger partial charge in [0, 0.05) is 24.3 Å². The number of pyridine rings is 1. The number of benzene rings is 2. The Labute approximate surface area is 246 Å². The van der Waals surface area contributed by atoms with E-state index in [0.717, 1.165) is 36.4 Å². The van der Waals surface area contributed by atoms with Gasteiger partial charge in [-0.15, -0.1) is 0 Å². The summed E-state index contributed by atoms with van der Waals surface area (Å²) in [4.78, 5) is 38.0. The number of esters is 1. The van der Waals surface area contributed by atoms with E-state index in [1.807, 2.05) is 13.8 Å². The smallest absolute Gasteiger partial charge is 0.323 e. The molecule has 0 aliphatic carbocycles. The van der Waals surface area contributed by atoms with Crippen LogP contribution < -0.4 is 21.3 Å². The molecule has 232 valence electrons. The molecule has 0 saturated heterocycles. The van der Waals surface area contributed by atoms with E-state index in [1.165, 1.54) is 0 Å². The van der Waals surface area contributed by atoms with Crippen LogP contribution in [0.2, 0.25) is 0 Å². The zero-order valence-corrected chi connectivity index (χ0v) is 24.6. The molecule has 0 fully saturated rings. The average molecular weight is 606 g/mol. The molecule has 8 nitrogen and oxygen atoms in total. The van der Waals surface area contributed by atoms with Crippen LogP contribution in [-0.2, 0) is 9.53 Å². The van der Waals surface area contributed by atoms with Crippen LogP contribution in [0.3, 0.4) is 0 Å². The van der Waals surface area contributed by atoms with Crippen molar-refractivity contribution in [2.24, 2.45) is 5.92 Å². The van der Waals surface area contributed by atoms with Gasteiger partial charge in [-0.25, -0.2) is 17.6 Å². The number of ether oxygens (including phenoxy) is 2. The Morgan fingerprint density at radius 2 is 1.58 bits per heavy atom. The molecule has 1 aromatic heterocycles. The first kappa shape index (κ1) is 33.3. The van der Waals surface area contributed by atoms with Gasteiger partial charge in [-0.2, -0.15) is 0 Å². The van der Waals surface area contributed by atoms with Crippen molar-refractivity contribution in [3.63, 3.8) is 0 Å². The lowest BCUT2D eigenvalue weighted by molar-refractivity contribution is -0.158. The standard InChI is InChI=1S/C31H35F4N3O5/c1-17(2)13-25(30(41)43-31(3,4)5)37-11-6-12-42-19-15-23(34)27(24(35)16-19)38-26(39)10-9-21(29(38)36)28(40)20-8-7-18(32)14-22(20)33/h7-10,14-17,25,37H,6,11-13,36H2,1-5H3/t25-/m0/s1. The molecule has 0 radical (unpaired) electrons. The summed E-state index contributed by atoms with van der Waals surface area (Å²) in [5.41, 5.74) is 2.57. The van der Waals surface area contributed by atoms with E-state index in [0.29, 0.717) is 30.0 Å². The zero-order valence-electron chi connectivity index (χ0n) is 24.6. The van der Waals surface area contributed by atoms with Gasteiger partial charge >= 0.3 is 5.97 Å². The molecular weight excluding hydrogens is 570 g/mol. The van der Waals surface area contributed by atoms with Crippen molar-refractivity contribution in [1.82, 2.24) is 9.88 Å². The number of aromatic nitrogens is 1. The highest BCUT2D eigenvalue weighted by Gasteiger charge is 2.26. The SMILES string of the molecule is CC(C)C[C@H](NCCCOc1cc(F)c(-n2c(N)c(C(=O)c3ccc(F)cc3F)ccc2=O)c(F)c1)C(=O)OC(C)(C)C. The minimum absolute atomic E-state index is 0.0449. The maximum atomic E-state index is 15.2. The van der Waals surface area contributed by atoms with Crippen LogP contribution in [0.25, 0.3) is 5.69 Å². The summed E-state index contributed by atoms with van der Waals surface area (Å²) in [6, 6.07) is 5.29. The predicted octanol–water partition coefficient (Wildman–Crippen LogP) is 5.32. The van der Waals surface area contributed by atoms with E-state index >= 15 is 8.78 Å². The summed E-state index contributed by atoms with van der Waals surface area (Å²) in [5, 5.41) is 3.13. The first-order valence-corrected chi connectivity index (χ1v) is 13.7. The fraction of sp³-hybridized carbons (Fsp3) is 0.387. The summed E-state index contributed by atoms with van der Waals surface area (Å²) in [6.45, 7) is 9.72. The Balaban J connectivity index is 1.74. The third-order valence-electron chi connectivity index (χ3n) is 6.14. The summed E-state index contributed by atoms with van der Waals surface area (Å²) in [6.07, 6.45) is 0.945. The molecule has 0 amide bonds. The van der Waals surface area contributed by atoms with Crippen molar-refractivity contribution in [3.8, 4) is 11.4 Å². The monoisotopic (exact) mass is 605 g/mol. The lowest BCUT2D eigenvalue weighted by atomic mass is 10.0. The second kappa shape index (κ2) is 13.9. The number of nitrogen functional groups attached to an aromatic ring is 1. The van der Waals surface area contributed by atoms with Crippen molar-refractivity contribution in [2.45, 2.75) is 59.1 Å². The highest BCUT2D eigenvalue weighted by atomic mass is 19.1. The molecule has 0 aliphatic heterocycles. The van der Waals surface area contributed by atoms with Crippen molar-refractivity contribution in [2.75, 3.05) is 18.9 Å². The predicted molar refractivity (Wildman–Crippen MR) is 153 cm³/mol. The van der Waals surface area contributed by atoms with Crippen molar-refractivity contribution >= 4 is 17.6 Å². The van der Waals surface area contributed by atoms with Gasteiger partial charge < -0.3 is 20.5 Å². The van der Waals surface area contributed by atoms with Crippen molar-refractivity contribution in [1.29, 1.82) is 0 Å². The normalized spacial score (nSPS) is 12.3. The molecule has 0 spiro atoms. The molecule has 12 heteroatoms. The lowest BCUT2D eigenvalue weighted by Gasteiger charge is -2.25. The van der Waals surface area contributed by atoms with Gasteiger partial charge in [-0.1, -0.05) is 13.8 Å². The van der Waals surface area contributed by atoms with Crippen LogP contribution in [0.4, 0.5) is 23.4 Å². The van der Waals surface area contributed by atoms with Crippen LogP contribution in [-0.4, -0.2) is 41.1 Å². The van der Waals surface area contributed by atoms with Crippen molar-refractivity contribution < 1.29 is 36.6 Å². The lowest BCUT2D eigenvalue weighted by Crippen LogP contribution is -2.42. The number of hydrogen-bond donors (Lipinski definition) is 2. The summed E-state index contributed by atoms with van der Waals surface area (Å²) < 4.78 is 69.2. The molecule has 3 aromatic rings. The van der Waals surface area contributed by atoms with Gasteiger partial charge in [-0.3, -0.25) is 19.0 Å². The van der Waals surface area contributed by atoms with Crippen LogP contribution in [0.15, 0.2) is 47.3 Å². The molecule has 0 bridgehead atoms. The Hall–Kier alpha value is -4.19. The average Bonchev–Trinajstić information content (AvgIpc) is 2.87. The van der Waals surface area contributed by atoms with Gasteiger partial charge in [0.2, 0.25) is 0 Å². The van der Waals surface area contributed by atoms with E-state index in [2.05, 4.69) is 5.32 Å². The summed E-state index contributed by atoms with van der Waals surface area (Å²) >= 11 is 0. The minimum atomic E-state index is -1.21. The maximum Gasteiger partial charge on any atom is 0.323 e.